The SMILES string of the molecule is Cc1cccc(CN2CCC[C@@]3(CCN(C(=O)c4ccc(C)[nH]c4=O)C3)C2)c1. The topological polar surface area (TPSA) is 56.4 Å². The summed E-state index contributed by atoms with van der Waals surface area (Å²) in [5.41, 5.74) is 3.57. The standard InChI is InChI=1S/C23H29N3O2/c1-17-5-3-6-19(13-17)14-25-11-4-9-23(15-25)10-12-26(16-23)22(28)20-8-7-18(2)24-21(20)27/h3,5-8,13H,4,9-12,14-16H2,1-2H3,(H,24,27)/t23-/m1/s1. The summed E-state index contributed by atoms with van der Waals surface area (Å²) in [6, 6.07) is 12.2. The van der Waals surface area contributed by atoms with Crippen LogP contribution in [0.4, 0.5) is 0 Å². The Bertz CT molecular complexity index is 935. The quantitative estimate of drug-likeness (QED) is 0.891. The van der Waals surface area contributed by atoms with E-state index in [1.807, 2.05) is 11.8 Å². The number of hydrogen-bond acceptors (Lipinski definition) is 3. The summed E-state index contributed by atoms with van der Waals surface area (Å²) in [5, 5.41) is 0. The minimum Gasteiger partial charge on any atom is -0.338 e. The van der Waals surface area contributed by atoms with Gasteiger partial charge in [-0.3, -0.25) is 14.5 Å². The Hall–Kier alpha value is -2.40. The van der Waals surface area contributed by atoms with Gasteiger partial charge in [-0.15, -0.1) is 0 Å². The molecule has 0 radical (unpaired) electrons. The lowest BCUT2D eigenvalue weighted by atomic mass is 9.79. The number of aromatic amines is 1. The van der Waals surface area contributed by atoms with Crippen molar-refractivity contribution in [2.24, 2.45) is 5.41 Å². The maximum absolute atomic E-state index is 12.9. The van der Waals surface area contributed by atoms with E-state index in [0.717, 1.165) is 51.3 Å². The van der Waals surface area contributed by atoms with E-state index < -0.39 is 0 Å². The van der Waals surface area contributed by atoms with Gasteiger partial charge in [0.1, 0.15) is 5.56 Å². The molecule has 1 atom stereocenters. The second-order valence-electron chi connectivity index (χ2n) is 8.66. The van der Waals surface area contributed by atoms with E-state index in [9.17, 15) is 9.59 Å². The Kier molecular flexibility index (Phi) is 5.11. The summed E-state index contributed by atoms with van der Waals surface area (Å²) in [7, 11) is 0. The van der Waals surface area contributed by atoms with Crippen molar-refractivity contribution in [2.45, 2.75) is 39.7 Å². The van der Waals surface area contributed by atoms with Crippen molar-refractivity contribution in [3.05, 3.63) is 69.1 Å². The zero-order valence-electron chi connectivity index (χ0n) is 16.8. The number of piperidine rings is 1. The lowest BCUT2D eigenvalue weighted by Crippen LogP contribution is -2.45. The maximum Gasteiger partial charge on any atom is 0.260 e. The first-order chi connectivity index (χ1) is 13.4. The Labute approximate surface area is 166 Å². The molecule has 1 aromatic carbocycles. The van der Waals surface area contributed by atoms with E-state index >= 15 is 0 Å². The van der Waals surface area contributed by atoms with E-state index in [4.69, 9.17) is 0 Å². The third kappa shape index (κ3) is 3.90. The van der Waals surface area contributed by atoms with Gasteiger partial charge in [0.05, 0.1) is 0 Å². The number of amides is 1. The van der Waals surface area contributed by atoms with Gasteiger partial charge in [0.15, 0.2) is 0 Å². The van der Waals surface area contributed by atoms with Crippen LogP contribution in [0.2, 0.25) is 0 Å². The van der Waals surface area contributed by atoms with Gasteiger partial charge >= 0.3 is 0 Å². The molecule has 3 heterocycles. The van der Waals surface area contributed by atoms with Crippen molar-refractivity contribution in [3.8, 4) is 0 Å². The molecule has 148 valence electrons. The average molecular weight is 380 g/mol. The fourth-order valence-corrected chi connectivity index (χ4v) is 4.87. The molecule has 5 heteroatoms. The molecule has 2 fully saturated rings. The van der Waals surface area contributed by atoms with Gasteiger partial charge in [-0.05, 0) is 57.4 Å². The zero-order valence-corrected chi connectivity index (χ0v) is 16.8. The molecule has 2 saturated heterocycles. The van der Waals surface area contributed by atoms with Crippen molar-refractivity contribution in [3.63, 3.8) is 0 Å². The number of aryl methyl sites for hydroxylation is 2. The summed E-state index contributed by atoms with van der Waals surface area (Å²) >= 11 is 0. The van der Waals surface area contributed by atoms with Crippen LogP contribution in [0, 0.1) is 19.3 Å². The van der Waals surface area contributed by atoms with Crippen LogP contribution in [0.1, 0.15) is 46.4 Å². The molecule has 0 saturated carbocycles. The van der Waals surface area contributed by atoms with Crippen LogP contribution in [-0.2, 0) is 6.54 Å². The van der Waals surface area contributed by atoms with Gasteiger partial charge in [-0.1, -0.05) is 29.8 Å². The van der Waals surface area contributed by atoms with Gasteiger partial charge in [0.25, 0.3) is 11.5 Å². The van der Waals surface area contributed by atoms with Crippen molar-refractivity contribution in [2.75, 3.05) is 26.2 Å². The molecule has 1 amide bonds. The van der Waals surface area contributed by atoms with Gasteiger partial charge < -0.3 is 9.88 Å². The van der Waals surface area contributed by atoms with Crippen LogP contribution in [0.3, 0.4) is 0 Å². The molecule has 2 aromatic rings. The normalized spacial score (nSPS) is 22.7. The lowest BCUT2D eigenvalue weighted by molar-refractivity contribution is 0.0674. The summed E-state index contributed by atoms with van der Waals surface area (Å²) in [5.74, 6) is -0.131. The zero-order chi connectivity index (χ0) is 19.7. The van der Waals surface area contributed by atoms with Crippen molar-refractivity contribution in [1.29, 1.82) is 0 Å². The van der Waals surface area contributed by atoms with Crippen molar-refractivity contribution < 1.29 is 4.79 Å². The fourth-order valence-electron chi connectivity index (χ4n) is 4.87. The Morgan fingerprint density at radius 2 is 1.96 bits per heavy atom. The molecule has 2 aliphatic rings. The van der Waals surface area contributed by atoms with Gasteiger partial charge in [-0.2, -0.15) is 0 Å². The predicted molar refractivity (Wildman–Crippen MR) is 110 cm³/mol. The fraction of sp³-hybridized carbons (Fsp3) is 0.478. The number of carbonyl (C=O) groups is 1. The minimum atomic E-state index is -0.282. The van der Waals surface area contributed by atoms with Crippen molar-refractivity contribution in [1.82, 2.24) is 14.8 Å². The monoisotopic (exact) mass is 379 g/mol. The van der Waals surface area contributed by atoms with Gasteiger partial charge in [0, 0.05) is 37.3 Å². The maximum atomic E-state index is 12.9. The average Bonchev–Trinajstić information content (AvgIpc) is 3.04. The Balaban J connectivity index is 1.44. The molecule has 4 rings (SSSR count). The van der Waals surface area contributed by atoms with Crippen LogP contribution in [0.25, 0.3) is 0 Å². The first-order valence-electron chi connectivity index (χ1n) is 10.2. The van der Waals surface area contributed by atoms with Crippen molar-refractivity contribution >= 4 is 5.91 Å². The molecular weight excluding hydrogens is 350 g/mol. The molecule has 2 aliphatic heterocycles. The lowest BCUT2D eigenvalue weighted by Gasteiger charge is -2.40. The number of benzene rings is 1. The number of hydrogen-bond donors (Lipinski definition) is 1. The smallest absolute Gasteiger partial charge is 0.260 e. The molecule has 1 spiro atoms. The predicted octanol–water partition coefficient (Wildman–Crippen LogP) is 3.12. The van der Waals surface area contributed by atoms with Gasteiger partial charge in [-0.25, -0.2) is 0 Å². The van der Waals surface area contributed by atoms with Crippen LogP contribution in [-0.4, -0.2) is 46.9 Å². The van der Waals surface area contributed by atoms with Gasteiger partial charge in [0.2, 0.25) is 0 Å². The molecular formula is C23H29N3O2. The van der Waals surface area contributed by atoms with Crippen LogP contribution in [0.15, 0.2) is 41.2 Å². The number of nitrogens with zero attached hydrogens (tertiary/aromatic N) is 2. The number of carbonyl (C=O) groups excluding carboxylic acids is 1. The third-order valence-corrected chi connectivity index (χ3v) is 6.24. The number of H-pyrrole nitrogens is 1. The number of aromatic nitrogens is 1. The van der Waals surface area contributed by atoms with E-state index in [-0.39, 0.29) is 22.4 Å². The summed E-state index contributed by atoms with van der Waals surface area (Å²) in [6.07, 6.45) is 3.34. The molecule has 28 heavy (non-hydrogen) atoms. The van der Waals surface area contributed by atoms with E-state index in [2.05, 4.69) is 41.1 Å². The Morgan fingerprint density at radius 1 is 1.11 bits per heavy atom. The molecule has 5 nitrogen and oxygen atoms in total. The second kappa shape index (κ2) is 7.55. The first kappa shape index (κ1) is 18.9. The first-order valence-corrected chi connectivity index (χ1v) is 10.2. The largest absolute Gasteiger partial charge is 0.338 e. The highest BCUT2D eigenvalue weighted by atomic mass is 16.2. The van der Waals surface area contributed by atoms with E-state index in [1.165, 1.54) is 17.5 Å². The molecule has 1 N–H and O–H groups in total. The highest BCUT2D eigenvalue weighted by Gasteiger charge is 2.43. The number of nitrogens with one attached hydrogen (secondary N) is 1. The minimum absolute atomic E-state index is 0.131. The molecule has 0 bridgehead atoms. The summed E-state index contributed by atoms with van der Waals surface area (Å²) in [4.78, 5) is 32.2. The highest BCUT2D eigenvalue weighted by Crippen LogP contribution is 2.39. The van der Waals surface area contributed by atoms with Crippen LogP contribution >= 0.6 is 0 Å². The third-order valence-electron chi connectivity index (χ3n) is 6.24. The van der Waals surface area contributed by atoms with Crippen LogP contribution in [0.5, 0.6) is 0 Å². The highest BCUT2D eigenvalue weighted by molar-refractivity contribution is 5.94. The number of likely N-dealkylation sites (tertiary alicyclic amines) is 2. The van der Waals surface area contributed by atoms with E-state index in [1.54, 1.807) is 12.1 Å². The Morgan fingerprint density at radius 3 is 2.75 bits per heavy atom. The van der Waals surface area contributed by atoms with Crippen LogP contribution < -0.4 is 5.56 Å². The second-order valence-corrected chi connectivity index (χ2v) is 8.66. The number of rotatable bonds is 3. The molecule has 1 aromatic heterocycles. The summed E-state index contributed by atoms with van der Waals surface area (Å²) in [6.45, 7) is 8.55. The molecule has 0 aliphatic carbocycles. The summed E-state index contributed by atoms with van der Waals surface area (Å²) < 4.78 is 0. The van der Waals surface area contributed by atoms with E-state index in [0.29, 0.717) is 0 Å². The molecule has 0 unspecified atom stereocenters. The number of pyridine rings is 1.